The summed E-state index contributed by atoms with van der Waals surface area (Å²) < 4.78 is 0. The number of nitrogens with one attached hydrogen (secondary N) is 2. The maximum Gasteiger partial charge on any atom is 0.253 e. The van der Waals surface area contributed by atoms with Crippen LogP contribution in [-0.2, 0) is 13.2 Å². The van der Waals surface area contributed by atoms with Gasteiger partial charge in [0, 0.05) is 23.3 Å². The van der Waals surface area contributed by atoms with Gasteiger partial charge in [0.2, 0.25) is 0 Å². The Morgan fingerprint density at radius 3 is 2.57 bits per heavy atom. The van der Waals surface area contributed by atoms with Crippen LogP contribution in [0.3, 0.4) is 0 Å². The van der Waals surface area contributed by atoms with Crippen LogP contribution in [0, 0.1) is 0 Å². The predicted octanol–water partition coefficient (Wildman–Crippen LogP) is 2.63. The SMILES string of the molecule is O=c1[nH]c2ccccc2cc1CNc1ccc(CO)cc1. The van der Waals surface area contributed by atoms with Gasteiger partial charge in [0.15, 0.2) is 0 Å². The van der Waals surface area contributed by atoms with Gasteiger partial charge in [-0.1, -0.05) is 30.3 Å². The number of para-hydroxylation sites is 1. The normalized spacial score (nSPS) is 10.7. The van der Waals surface area contributed by atoms with Crippen molar-refractivity contribution < 1.29 is 5.11 Å². The van der Waals surface area contributed by atoms with Crippen LogP contribution >= 0.6 is 0 Å². The van der Waals surface area contributed by atoms with E-state index in [2.05, 4.69) is 10.3 Å². The number of pyridine rings is 1. The molecule has 0 amide bonds. The van der Waals surface area contributed by atoms with Gasteiger partial charge in [-0.05, 0) is 35.2 Å². The molecule has 0 saturated heterocycles. The van der Waals surface area contributed by atoms with Gasteiger partial charge in [-0.15, -0.1) is 0 Å². The first kappa shape index (κ1) is 13.4. The molecule has 0 saturated carbocycles. The minimum atomic E-state index is -0.0758. The first-order chi connectivity index (χ1) is 10.3. The molecule has 0 aliphatic rings. The summed E-state index contributed by atoms with van der Waals surface area (Å²) in [5.74, 6) is 0. The third kappa shape index (κ3) is 2.95. The van der Waals surface area contributed by atoms with Crippen LogP contribution in [0.15, 0.2) is 59.4 Å². The number of anilines is 1. The van der Waals surface area contributed by atoms with E-state index in [9.17, 15) is 4.79 Å². The molecule has 0 bridgehead atoms. The molecule has 0 spiro atoms. The molecular formula is C17H16N2O2. The Labute approximate surface area is 122 Å². The minimum Gasteiger partial charge on any atom is -0.392 e. The first-order valence-electron chi connectivity index (χ1n) is 6.81. The summed E-state index contributed by atoms with van der Waals surface area (Å²) >= 11 is 0. The fraction of sp³-hybridized carbons (Fsp3) is 0.118. The van der Waals surface area contributed by atoms with Gasteiger partial charge in [-0.3, -0.25) is 4.79 Å². The number of hydrogen-bond acceptors (Lipinski definition) is 3. The maximum absolute atomic E-state index is 12.0. The van der Waals surface area contributed by atoms with Crippen molar-refractivity contribution in [2.45, 2.75) is 13.2 Å². The van der Waals surface area contributed by atoms with E-state index in [4.69, 9.17) is 5.11 Å². The monoisotopic (exact) mass is 280 g/mol. The number of H-pyrrole nitrogens is 1. The van der Waals surface area contributed by atoms with Crippen LogP contribution in [0.2, 0.25) is 0 Å². The number of aromatic nitrogens is 1. The van der Waals surface area contributed by atoms with E-state index in [1.165, 1.54) is 0 Å². The average Bonchev–Trinajstić information content (AvgIpc) is 2.53. The molecule has 0 atom stereocenters. The predicted molar refractivity (Wildman–Crippen MR) is 84.3 cm³/mol. The number of rotatable bonds is 4. The van der Waals surface area contributed by atoms with Gasteiger partial charge in [0.1, 0.15) is 0 Å². The van der Waals surface area contributed by atoms with Crippen molar-refractivity contribution in [3.63, 3.8) is 0 Å². The second kappa shape index (κ2) is 5.81. The smallest absolute Gasteiger partial charge is 0.253 e. The van der Waals surface area contributed by atoms with Crippen molar-refractivity contribution in [2.75, 3.05) is 5.32 Å². The second-order valence-electron chi connectivity index (χ2n) is 4.92. The lowest BCUT2D eigenvalue weighted by molar-refractivity contribution is 0.282. The van der Waals surface area contributed by atoms with Gasteiger partial charge >= 0.3 is 0 Å². The third-order valence-electron chi connectivity index (χ3n) is 3.45. The summed E-state index contributed by atoms with van der Waals surface area (Å²) in [7, 11) is 0. The van der Waals surface area contributed by atoms with E-state index >= 15 is 0 Å². The topological polar surface area (TPSA) is 65.1 Å². The lowest BCUT2D eigenvalue weighted by Crippen LogP contribution is -2.15. The highest BCUT2D eigenvalue weighted by Gasteiger charge is 2.02. The standard InChI is InChI=1S/C17H16N2O2/c20-11-12-5-7-15(8-6-12)18-10-14-9-13-3-1-2-4-16(13)19-17(14)21/h1-9,18,20H,10-11H2,(H,19,21). The van der Waals surface area contributed by atoms with E-state index in [-0.39, 0.29) is 12.2 Å². The number of aliphatic hydroxyl groups excluding tert-OH is 1. The highest BCUT2D eigenvalue weighted by atomic mass is 16.3. The van der Waals surface area contributed by atoms with Gasteiger partial charge < -0.3 is 15.4 Å². The molecule has 1 heterocycles. The van der Waals surface area contributed by atoms with Crippen LogP contribution in [0.1, 0.15) is 11.1 Å². The molecule has 21 heavy (non-hydrogen) atoms. The molecule has 3 rings (SSSR count). The van der Waals surface area contributed by atoms with Crippen molar-refractivity contribution in [1.29, 1.82) is 0 Å². The average molecular weight is 280 g/mol. The number of aliphatic hydroxyl groups is 1. The van der Waals surface area contributed by atoms with E-state index in [0.29, 0.717) is 12.1 Å². The Morgan fingerprint density at radius 2 is 1.81 bits per heavy atom. The molecule has 3 aromatic rings. The number of fused-ring (bicyclic) bond motifs is 1. The molecule has 4 heteroatoms. The lowest BCUT2D eigenvalue weighted by atomic mass is 10.1. The Bertz CT molecular complexity index is 807. The largest absolute Gasteiger partial charge is 0.392 e. The van der Waals surface area contributed by atoms with E-state index in [1.54, 1.807) is 0 Å². The summed E-state index contributed by atoms with van der Waals surface area (Å²) in [6, 6.07) is 17.1. The molecule has 1 aromatic heterocycles. The minimum absolute atomic E-state index is 0.0324. The third-order valence-corrected chi connectivity index (χ3v) is 3.45. The zero-order valence-corrected chi connectivity index (χ0v) is 11.5. The van der Waals surface area contributed by atoms with Crippen LogP contribution in [0.5, 0.6) is 0 Å². The summed E-state index contributed by atoms with van der Waals surface area (Å²) in [5.41, 5.74) is 3.25. The molecule has 0 unspecified atom stereocenters. The molecule has 0 fully saturated rings. The maximum atomic E-state index is 12.0. The highest BCUT2D eigenvalue weighted by Crippen LogP contribution is 2.13. The van der Waals surface area contributed by atoms with Gasteiger partial charge in [0.05, 0.1) is 6.61 Å². The number of aromatic amines is 1. The van der Waals surface area contributed by atoms with Crippen LogP contribution in [0.25, 0.3) is 10.9 Å². The van der Waals surface area contributed by atoms with Crippen molar-refractivity contribution in [3.05, 3.63) is 76.1 Å². The van der Waals surface area contributed by atoms with E-state index in [0.717, 1.165) is 22.2 Å². The molecule has 3 N–H and O–H groups in total. The molecule has 2 aromatic carbocycles. The fourth-order valence-corrected chi connectivity index (χ4v) is 2.25. The molecule has 0 aliphatic carbocycles. The zero-order chi connectivity index (χ0) is 14.7. The fourth-order valence-electron chi connectivity index (χ4n) is 2.25. The summed E-state index contributed by atoms with van der Waals surface area (Å²) in [5, 5.41) is 13.2. The van der Waals surface area contributed by atoms with Crippen molar-refractivity contribution in [3.8, 4) is 0 Å². The zero-order valence-electron chi connectivity index (χ0n) is 11.5. The van der Waals surface area contributed by atoms with Gasteiger partial charge in [-0.2, -0.15) is 0 Å². The number of hydrogen-bond donors (Lipinski definition) is 3. The van der Waals surface area contributed by atoms with Crippen molar-refractivity contribution in [2.24, 2.45) is 0 Å². The first-order valence-corrected chi connectivity index (χ1v) is 6.81. The van der Waals surface area contributed by atoms with Gasteiger partial charge in [-0.25, -0.2) is 0 Å². The van der Waals surface area contributed by atoms with Crippen LogP contribution in [-0.4, -0.2) is 10.1 Å². The molecule has 0 aliphatic heterocycles. The molecule has 0 radical (unpaired) electrons. The van der Waals surface area contributed by atoms with Crippen LogP contribution in [0.4, 0.5) is 5.69 Å². The molecular weight excluding hydrogens is 264 g/mol. The Balaban J connectivity index is 1.81. The van der Waals surface area contributed by atoms with Crippen molar-refractivity contribution in [1.82, 2.24) is 4.98 Å². The molecule has 106 valence electrons. The van der Waals surface area contributed by atoms with Crippen LogP contribution < -0.4 is 10.9 Å². The van der Waals surface area contributed by atoms with E-state index in [1.807, 2.05) is 54.6 Å². The molecule has 4 nitrogen and oxygen atoms in total. The quantitative estimate of drug-likeness (QED) is 0.688. The Kier molecular flexibility index (Phi) is 3.71. The summed E-state index contributed by atoms with van der Waals surface area (Å²) in [6.45, 7) is 0.489. The van der Waals surface area contributed by atoms with Crippen molar-refractivity contribution >= 4 is 16.6 Å². The Hall–Kier alpha value is -2.59. The Morgan fingerprint density at radius 1 is 1.05 bits per heavy atom. The summed E-state index contributed by atoms with van der Waals surface area (Å²) in [6.07, 6.45) is 0. The summed E-state index contributed by atoms with van der Waals surface area (Å²) in [4.78, 5) is 14.9. The second-order valence-corrected chi connectivity index (χ2v) is 4.92. The van der Waals surface area contributed by atoms with E-state index < -0.39 is 0 Å². The number of benzene rings is 2. The van der Waals surface area contributed by atoms with Gasteiger partial charge in [0.25, 0.3) is 5.56 Å². The lowest BCUT2D eigenvalue weighted by Gasteiger charge is -2.07. The highest BCUT2D eigenvalue weighted by molar-refractivity contribution is 5.78.